The van der Waals surface area contributed by atoms with Crippen LogP contribution >= 0.6 is 11.5 Å². The predicted molar refractivity (Wildman–Crippen MR) is 127 cm³/mol. The van der Waals surface area contributed by atoms with Crippen molar-refractivity contribution in [3.8, 4) is 0 Å². The molecule has 0 spiro atoms. The van der Waals surface area contributed by atoms with E-state index in [4.69, 9.17) is 0 Å². The smallest absolute Gasteiger partial charge is 0.224 e. The molecule has 9 heteroatoms. The van der Waals surface area contributed by atoms with Crippen molar-refractivity contribution < 1.29 is 14.4 Å². The molecule has 1 aliphatic rings. The van der Waals surface area contributed by atoms with Gasteiger partial charge in [0.25, 0.3) is 0 Å². The van der Waals surface area contributed by atoms with E-state index in [1.54, 1.807) is 24.3 Å². The largest absolute Gasteiger partial charge is 0.352 e. The van der Waals surface area contributed by atoms with Gasteiger partial charge in [0.1, 0.15) is 5.82 Å². The second-order valence-electron chi connectivity index (χ2n) is 7.68. The van der Waals surface area contributed by atoms with Crippen molar-refractivity contribution in [1.29, 1.82) is 0 Å². The zero-order chi connectivity index (χ0) is 22.5. The molecule has 32 heavy (non-hydrogen) atoms. The molecule has 2 N–H and O–H groups in total. The molecule has 0 atom stereocenters. The number of piperazine rings is 1. The SMILES string of the molecule is CC(=O)Nc1ccc(NC(=O)CCC(=O)N2CCN(c3nsc4ccccc34)CC2)cc1. The number of nitrogens with zero attached hydrogens (tertiary/aromatic N) is 3. The quantitative estimate of drug-likeness (QED) is 0.600. The van der Waals surface area contributed by atoms with Gasteiger partial charge in [-0.15, -0.1) is 0 Å². The molecule has 8 nitrogen and oxygen atoms in total. The molecule has 1 aliphatic heterocycles. The fourth-order valence-corrected chi connectivity index (χ4v) is 4.51. The van der Waals surface area contributed by atoms with Crippen LogP contribution in [0, 0.1) is 0 Å². The third-order valence-corrected chi connectivity index (χ3v) is 6.16. The topological polar surface area (TPSA) is 94.6 Å². The summed E-state index contributed by atoms with van der Waals surface area (Å²) in [5.41, 5.74) is 1.29. The van der Waals surface area contributed by atoms with Crippen LogP contribution in [0.3, 0.4) is 0 Å². The number of hydrogen-bond acceptors (Lipinski definition) is 6. The first kappa shape index (κ1) is 21.8. The lowest BCUT2D eigenvalue weighted by molar-refractivity contribution is -0.133. The maximum Gasteiger partial charge on any atom is 0.224 e. The molecule has 0 bridgehead atoms. The van der Waals surface area contributed by atoms with Gasteiger partial charge in [-0.1, -0.05) is 12.1 Å². The van der Waals surface area contributed by atoms with E-state index in [1.807, 2.05) is 17.0 Å². The fraction of sp³-hybridized carbons (Fsp3) is 0.304. The molecule has 0 radical (unpaired) electrons. The number of amides is 3. The van der Waals surface area contributed by atoms with E-state index in [0.717, 1.165) is 29.0 Å². The summed E-state index contributed by atoms with van der Waals surface area (Å²) in [5, 5.41) is 6.61. The van der Waals surface area contributed by atoms with Crippen LogP contribution in [0.1, 0.15) is 19.8 Å². The van der Waals surface area contributed by atoms with Crippen molar-refractivity contribution in [1.82, 2.24) is 9.27 Å². The highest BCUT2D eigenvalue weighted by Gasteiger charge is 2.24. The molecule has 0 aliphatic carbocycles. The zero-order valence-electron chi connectivity index (χ0n) is 17.8. The number of rotatable bonds is 6. The monoisotopic (exact) mass is 451 g/mol. The highest BCUT2D eigenvalue weighted by molar-refractivity contribution is 7.13. The van der Waals surface area contributed by atoms with Crippen molar-refractivity contribution >= 4 is 56.5 Å². The van der Waals surface area contributed by atoms with E-state index >= 15 is 0 Å². The molecule has 166 valence electrons. The first-order valence-electron chi connectivity index (χ1n) is 10.5. The van der Waals surface area contributed by atoms with Gasteiger partial charge in [-0.25, -0.2) is 0 Å². The van der Waals surface area contributed by atoms with Gasteiger partial charge in [0.2, 0.25) is 17.7 Å². The van der Waals surface area contributed by atoms with Crippen LogP contribution in [-0.2, 0) is 14.4 Å². The Morgan fingerprint density at radius 3 is 2.25 bits per heavy atom. The Bertz CT molecular complexity index is 1120. The molecule has 0 saturated carbocycles. The third kappa shape index (κ3) is 5.23. The number of carbonyl (C=O) groups excluding carboxylic acids is 3. The van der Waals surface area contributed by atoms with Crippen LogP contribution in [0.25, 0.3) is 10.1 Å². The van der Waals surface area contributed by atoms with Crippen molar-refractivity contribution in [2.24, 2.45) is 0 Å². The van der Waals surface area contributed by atoms with E-state index in [-0.39, 0.29) is 30.6 Å². The Balaban J connectivity index is 1.22. The summed E-state index contributed by atoms with van der Waals surface area (Å²) in [7, 11) is 0. The number of aromatic nitrogens is 1. The standard InChI is InChI=1S/C23H25N5O3S/c1-16(29)24-17-6-8-18(9-7-17)25-21(30)10-11-22(31)27-12-14-28(15-13-27)23-19-4-2-3-5-20(19)32-26-23/h2-9H,10-15H2,1H3,(H,24,29)(H,25,30). The van der Waals surface area contributed by atoms with Crippen molar-refractivity contribution in [2.75, 3.05) is 41.7 Å². The second kappa shape index (κ2) is 9.78. The molecule has 1 fully saturated rings. The number of fused-ring (bicyclic) bond motifs is 1. The van der Waals surface area contributed by atoms with Gasteiger partial charge in [-0.3, -0.25) is 14.4 Å². The van der Waals surface area contributed by atoms with Crippen LogP contribution in [0.4, 0.5) is 17.2 Å². The minimum absolute atomic E-state index is 0.0102. The highest BCUT2D eigenvalue weighted by atomic mass is 32.1. The average Bonchev–Trinajstić information content (AvgIpc) is 3.23. The van der Waals surface area contributed by atoms with E-state index in [0.29, 0.717) is 24.5 Å². The van der Waals surface area contributed by atoms with Gasteiger partial charge in [0.05, 0.1) is 4.70 Å². The minimum Gasteiger partial charge on any atom is -0.352 e. The van der Waals surface area contributed by atoms with Gasteiger partial charge in [-0.05, 0) is 47.9 Å². The Morgan fingerprint density at radius 2 is 1.56 bits per heavy atom. The van der Waals surface area contributed by atoms with Gasteiger partial charge < -0.3 is 20.4 Å². The van der Waals surface area contributed by atoms with E-state index in [2.05, 4.69) is 32.0 Å². The minimum atomic E-state index is -0.210. The average molecular weight is 452 g/mol. The molecule has 1 aromatic heterocycles. The van der Waals surface area contributed by atoms with Crippen molar-refractivity contribution in [3.05, 3.63) is 48.5 Å². The zero-order valence-corrected chi connectivity index (χ0v) is 18.7. The Hall–Kier alpha value is -3.46. The number of anilines is 3. The maximum absolute atomic E-state index is 12.6. The normalized spacial score (nSPS) is 13.8. The Kier molecular flexibility index (Phi) is 6.65. The van der Waals surface area contributed by atoms with Crippen molar-refractivity contribution in [3.63, 3.8) is 0 Å². The summed E-state index contributed by atoms with van der Waals surface area (Å²) in [6, 6.07) is 15.0. The lowest BCUT2D eigenvalue weighted by Crippen LogP contribution is -2.49. The summed E-state index contributed by atoms with van der Waals surface area (Å²) in [4.78, 5) is 39.9. The molecule has 2 aromatic carbocycles. The number of nitrogens with one attached hydrogen (secondary N) is 2. The Labute approximate surface area is 190 Å². The molecule has 0 unspecified atom stereocenters. The van der Waals surface area contributed by atoms with E-state index in [1.165, 1.54) is 18.5 Å². The first-order valence-corrected chi connectivity index (χ1v) is 11.3. The van der Waals surface area contributed by atoms with E-state index < -0.39 is 0 Å². The van der Waals surface area contributed by atoms with Crippen LogP contribution < -0.4 is 15.5 Å². The van der Waals surface area contributed by atoms with E-state index in [9.17, 15) is 14.4 Å². The van der Waals surface area contributed by atoms with Gasteiger partial charge in [-0.2, -0.15) is 4.37 Å². The summed E-state index contributed by atoms with van der Waals surface area (Å²) in [6.45, 7) is 4.14. The summed E-state index contributed by atoms with van der Waals surface area (Å²) >= 11 is 1.49. The predicted octanol–water partition coefficient (Wildman–Crippen LogP) is 3.32. The number of benzene rings is 2. The number of carbonyl (C=O) groups is 3. The van der Waals surface area contributed by atoms with Gasteiger partial charge in [0.15, 0.2) is 0 Å². The van der Waals surface area contributed by atoms with Gasteiger partial charge in [0, 0.05) is 62.7 Å². The molecule has 3 amide bonds. The molecular formula is C23H25N5O3S. The highest BCUT2D eigenvalue weighted by Crippen LogP contribution is 2.29. The van der Waals surface area contributed by atoms with Crippen LogP contribution in [0.5, 0.6) is 0 Å². The van der Waals surface area contributed by atoms with Gasteiger partial charge >= 0.3 is 0 Å². The fourth-order valence-electron chi connectivity index (χ4n) is 3.71. The first-order chi connectivity index (χ1) is 15.5. The molecule has 2 heterocycles. The van der Waals surface area contributed by atoms with Crippen LogP contribution in [-0.4, -0.2) is 53.2 Å². The number of hydrogen-bond donors (Lipinski definition) is 2. The molecule has 3 aromatic rings. The van der Waals surface area contributed by atoms with Crippen LogP contribution in [0.15, 0.2) is 48.5 Å². The lowest BCUT2D eigenvalue weighted by atomic mass is 10.2. The molecule has 4 rings (SSSR count). The van der Waals surface area contributed by atoms with Crippen LogP contribution in [0.2, 0.25) is 0 Å². The lowest BCUT2D eigenvalue weighted by Gasteiger charge is -2.35. The Morgan fingerprint density at radius 1 is 0.906 bits per heavy atom. The third-order valence-electron chi connectivity index (χ3n) is 5.35. The second-order valence-corrected chi connectivity index (χ2v) is 8.48. The summed E-state index contributed by atoms with van der Waals surface area (Å²) < 4.78 is 5.76. The molecular weight excluding hydrogens is 426 g/mol. The summed E-state index contributed by atoms with van der Waals surface area (Å²) in [5.74, 6) is 0.616. The summed E-state index contributed by atoms with van der Waals surface area (Å²) in [6.07, 6.45) is 0.304. The maximum atomic E-state index is 12.6. The van der Waals surface area contributed by atoms with Crippen molar-refractivity contribution in [2.45, 2.75) is 19.8 Å². The molecule has 1 saturated heterocycles.